The number of carboxylic acid groups (broad SMARTS) is 2. The zero-order valence-electron chi connectivity index (χ0n) is 19.9. The van der Waals surface area contributed by atoms with Gasteiger partial charge in [0.05, 0.1) is 0 Å². The van der Waals surface area contributed by atoms with Gasteiger partial charge in [0.25, 0.3) is 0 Å². The van der Waals surface area contributed by atoms with E-state index in [2.05, 4.69) is 47.6 Å². The normalized spacial score (nSPS) is 19.6. The number of hydrogen-bond donors (Lipinski definition) is 2. The van der Waals surface area contributed by atoms with Gasteiger partial charge in [0.1, 0.15) is 12.6 Å². The number of carboxylic acids is 2. The fraction of sp³-hybridized carbons (Fsp3) is 0.520. The Labute approximate surface area is 191 Å². The molecule has 2 rings (SSSR count). The van der Waals surface area contributed by atoms with Crippen molar-refractivity contribution < 1.29 is 19.8 Å². The van der Waals surface area contributed by atoms with Gasteiger partial charge in [0.15, 0.2) is 0 Å². The fourth-order valence-electron chi connectivity index (χ4n) is 5.29. The topological polar surface area (TPSA) is 74.6 Å². The first kappa shape index (κ1) is 25.5. The highest BCUT2D eigenvalue weighted by molar-refractivity contribution is 8.29. The monoisotopic (exact) mass is 460 g/mol. The van der Waals surface area contributed by atoms with Crippen molar-refractivity contribution in [3.8, 4) is 0 Å². The molecule has 170 valence electrons. The van der Waals surface area contributed by atoms with Crippen LogP contribution in [0.3, 0.4) is 0 Å². The second-order valence-corrected chi connectivity index (χ2v) is 18.2. The summed E-state index contributed by atoms with van der Waals surface area (Å²) in [6.45, 7) is 17.6. The summed E-state index contributed by atoms with van der Waals surface area (Å²) in [6, 6.07) is 5.87. The molecule has 0 saturated heterocycles. The average Bonchev–Trinajstić information content (AvgIpc) is 2.66. The Balaban J connectivity index is 2.66. The predicted molar refractivity (Wildman–Crippen MR) is 131 cm³/mol. The highest BCUT2D eigenvalue weighted by Gasteiger charge is 2.46. The number of carbonyl (C=O) groups is 2. The fourth-order valence-corrected chi connectivity index (χ4v) is 14.7. The standard InChI is InChI=1S/C25H36O4SSi/c1-15(2)31(16(3)4,17(5)6)30-22-11-9-10-21(19(22)8)25(24(28)29)13-12-18(7)20(14-25)23(26)27/h9-13,15-17H,14H2,1-8H3,(H,26,27)(H,28,29). The second-order valence-electron chi connectivity index (χ2n) is 9.60. The van der Waals surface area contributed by atoms with Gasteiger partial charge in [0.2, 0.25) is 0 Å². The first-order chi connectivity index (χ1) is 14.3. The lowest BCUT2D eigenvalue weighted by molar-refractivity contribution is -0.142. The smallest absolute Gasteiger partial charge is 0.331 e. The molecule has 0 amide bonds. The molecule has 6 heteroatoms. The number of rotatable bonds is 8. The van der Waals surface area contributed by atoms with Crippen molar-refractivity contribution in [3.63, 3.8) is 0 Å². The van der Waals surface area contributed by atoms with Crippen LogP contribution in [0.5, 0.6) is 0 Å². The first-order valence-corrected chi connectivity index (χ1v) is 14.7. The van der Waals surface area contributed by atoms with Crippen molar-refractivity contribution in [1.29, 1.82) is 0 Å². The second kappa shape index (κ2) is 9.37. The van der Waals surface area contributed by atoms with E-state index in [9.17, 15) is 19.8 Å². The molecule has 1 unspecified atom stereocenters. The summed E-state index contributed by atoms with van der Waals surface area (Å²) in [5.74, 6) is -2.07. The molecule has 1 atom stereocenters. The minimum absolute atomic E-state index is 0.0456. The van der Waals surface area contributed by atoms with E-state index in [-0.39, 0.29) is 12.0 Å². The minimum atomic E-state index is -1.82. The highest BCUT2D eigenvalue weighted by atomic mass is 32.4. The van der Waals surface area contributed by atoms with Gasteiger partial charge in [-0.05, 0) is 53.2 Å². The Morgan fingerprint density at radius 1 is 1.00 bits per heavy atom. The summed E-state index contributed by atoms with van der Waals surface area (Å²) in [5, 5.41) is 19.9. The summed E-state index contributed by atoms with van der Waals surface area (Å²) in [5.41, 5.74) is 2.73. The largest absolute Gasteiger partial charge is 0.480 e. The van der Waals surface area contributed by atoms with Crippen LogP contribution in [0.25, 0.3) is 0 Å². The van der Waals surface area contributed by atoms with Gasteiger partial charge < -0.3 is 10.2 Å². The molecule has 0 heterocycles. The van der Waals surface area contributed by atoms with E-state index in [4.69, 9.17) is 0 Å². The molecule has 0 bridgehead atoms. The van der Waals surface area contributed by atoms with Crippen LogP contribution < -0.4 is 0 Å². The van der Waals surface area contributed by atoms with Crippen molar-refractivity contribution in [3.05, 3.63) is 52.6 Å². The maximum absolute atomic E-state index is 12.6. The van der Waals surface area contributed by atoms with E-state index < -0.39 is 24.6 Å². The van der Waals surface area contributed by atoms with Crippen molar-refractivity contribution in [1.82, 2.24) is 0 Å². The maximum atomic E-state index is 12.6. The molecule has 31 heavy (non-hydrogen) atoms. The quantitative estimate of drug-likeness (QED) is 0.411. The zero-order valence-corrected chi connectivity index (χ0v) is 21.8. The Hall–Kier alpha value is -1.79. The summed E-state index contributed by atoms with van der Waals surface area (Å²) in [7, 11) is -1.82. The van der Waals surface area contributed by atoms with Crippen molar-refractivity contribution in [2.75, 3.05) is 0 Å². The van der Waals surface area contributed by atoms with Crippen LogP contribution in [0.2, 0.25) is 16.6 Å². The van der Waals surface area contributed by atoms with Crippen LogP contribution in [0, 0.1) is 6.92 Å². The average molecular weight is 461 g/mol. The number of benzene rings is 1. The number of aliphatic carboxylic acids is 2. The molecule has 1 aliphatic carbocycles. The third-order valence-electron chi connectivity index (χ3n) is 6.95. The molecule has 0 fully saturated rings. The Kier molecular flexibility index (Phi) is 7.70. The third-order valence-corrected chi connectivity index (χ3v) is 19.3. The molecule has 0 saturated carbocycles. The number of allylic oxidation sites excluding steroid dienone is 2. The van der Waals surface area contributed by atoms with Crippen molar-refractivity contribution in [2.24, 2.45) is 0 Å². The minimum Gasteiger partial charge on any atom is -0.480 e. The molecule has 1 aliphatic rings. The van der Waals surface area contributed by atoms with E-state index in [1.807, 2.05) is 30.3 Å². The van der Waals surface area contributed by atoms with Gasteiger partial charge in [0, 0.05) is 16.9 Å². The van der Waals surface area contributed by atoms with Crippen LogP contribution in [0.15, 0.2) is 46.4 Å². The number of hydrogen-bond acceptors (Lipinski definition) is 3. The van der Waals surface area contributed by atoms with E-state index in [0.717, 1.165) is 10.5 Å². The molecular formula is C25H36O4SSi. The van der Waals surface area contributed by atoms with Gasteiger partial charge in [-0.25, -0.2) is 4.79 Å². The van der Waals surface area contributed by atoms with Gasteiger partial charge >= 0.3 is 11.9 Å². The first-order valence-electron chi connectivity index (χ1n) is 11.0. The highest BCUT2D eigenvalue weighted by Crippen LogP contribution is 2.53. The van der Waals surface area contributed by atoms with Gasteiger partial charge in [-0.2, -0.15) is 0 Å². The SMILES string of the molecule is CC1=C(C(=O)O)CC(C(=O)O)(c2cccc(S[Si](C(C)C)(C(C)C)C(C)C)c2C)C=C1. The molecule has 4 nitrogen and oxygen atoms in total. The van der Waals surface area contributed by atoms with Crippen LogP contribution >= 0.6 is 11.2 Å². The van der Waals surface area contributed by atoms with Crippen molar-refractivity contribution >= 4 is 30.4 Å². The van der Waals surface area contributed by atoms with Crippen LogP contribution in [-0.2, 0) is 15.0 Å². The lowest BCUT2D eigenvalue weighted by Crippen LogP contribution is -2.41. The molecule has 2 N–H and O–H groups in total. The van der Waals surface area contributed by atoms with Gasteiger partial charge in [-0.3, -0.25) is 4.79 Å². The van der Waals surface area contributed by atoms with Crippen LogP contribution in [-0.4, -0.2) is 29.4 Å². The maximum Gasteiger partial charge on any atom is 0.331 e. The molecule has 1 aromatic carbocycles. The van der Waals surface area contributed by atoms with Crippen LogP contribution in [0.4, 0.5) is 0 Å². The van der Waals surface area contributed by atoms with Crippen molar-refractivity contribution in [2.45, 2.75) is 88.7 Å². The van der Waals surface area contributed by atoms with Gasteiger partial charge in [-0.1, -0.05) is 65.8 Å². The van der Waals surface area contributed by atoms with E-state index in [1.54, 1.807) is 19.1 Å². The summed E-state index contributed by atoms with van der Waals surface area (Å²) < 4.78 is 0. The molecule has 0 aromatic heterocycles. The third kappa shape index (κ3) is 4.42. The van der Waals surface area contributed by atoms with E-state index in [0.29, 0.717) is 27.8 Å². The molecule has 0 aliphatic heterocycles. The van der Waals surface area contributed by atoms with Crippen LogP contribution in [0.1, 0.15) is 66.0 Å². The Morgan fingerprint density at radius 3 is 2.00 bits per heavy atom. The molecular weight excluding hydrogens is 424 g/mol. The Bertz CT molecular complexity index is 908. The lowest BCUT2D eigenvalue weighted by Gasteiger charge is -2.43. The Morgan fingerprint density at radius 2 is 1.55 bits per heavy atom. The predicted octanol–water partition coefficient (Wildman–Crippen LogP) is 6.95. The molecule has 1 aromatic rings. The molecule has 0 radical (unpaired) electrons. The summed E-state index contributed by atoms with van der Waals surface area (Å²) in [6.07, 6.45) is 3.28. The van der Waals surface area contributed by atoms with E-state index >= 15 is 0 Å². The zero-order chi connectivity index (χ0) is 23.7. The van der Waals surface area contributed by atoms with Gasteiger partial charge in [-0.15, -0.1) is 11.2 Å². The lowest BCUT2D eigenvalue weighted by atomic mass is 9.70. The van der Waals surface area contributed by atoms with E-state index in [1.165, 1.54) is 0 Å². The summed E-state index contributed by atoms with van der Waals surface area (Å²) >= 11 is 1.98. The molecule has 0 spiro atoms. The summed E-state index contributed by atoms with van der Waals surface area (Å²) in [4.78, 5) is 25.5.